The van der Waals surface area contributed by atoms with Crippen molar-refractivity contribution in [2.24, 2.45) is 5.92 Å². The van der Waals surface area contributed by atoms with Crippen molar-refractivity contribution >= 4 is 0 Å². The van der Waals surface area contributed by atoms with Gasteiger partial charge in [-0.25, -0.2) is 9.67 Å². The van der Waals surface area contributed by atoms with Gasteiger partial charge in [0.25, 0.3) is 0 Å². The van der Waals surface area contributed by atoms with E-state index < -0.39 is 0 Å². The van der Waals surface area contributed by atoms with E-state index in [0.29, 0.717) is 6.04 Å². The van der Waals surface area contributed by atoms with Gasteiger partial charge < -0.3 is 5.32 Å². The van der Waals surface area contributed by atoms with Crippen LogP contribution in [0, 0.1) is 5.92 Å². The summed E-state index contributed by atoms with van der Waals surface area (Å²) in [7, 11) is 0. The van der Waals surface area contributed by atoms with Crippen LogP contribution in [-0.4, -0.2) is 20.8 Å². The number of hydrogen-bond acceptors (Lipinski definition) is 3. The molecule has 96 valence electrons. The lowest BCUT2D eigenvalue weighted by atomic mass is 9.86. The molecule has 0 bridgehead atoms. The molecule has 0 saturated heterocycles. The highest BCUT2D eigenvalue weighted by atomic mass is 15.3. The predicted octanol–water partition coefficient (Wildman–Crippen LogP) is 2.36. The minimum atomic E-state index is 0.663. The highest BCUT2D eigenvalue weighted by Crippen LogP contribution is 2.23. The summed E-state index contributed by atoms with van der Waals surface area (Å²) in [6.45, 7) is 6.35. The van der Waals surface area contributed by atoms with E-state index in [1.54, 1.807) is 6.33 Å². The Hall–Kier alpha value is -0.900. The van der Waals surface area contributed by atoms with E-state index >= 15 is 0 Å². The molecule has 1 aromatic heterocycles. The molecule has 17 heavy (non-hydrogen) atoms. The van der Waals surface area contributed by atoms with Crippen molar-refractivity contribution in [3.63, 3.8) is 0 Å². The van der Waals surface area contributed by atoms with Gasteiger partial charge in [-0.05, 0) is 25.2 Å². The Morgan fingerprint density at radius 3 is 3.00 bits per heavy atom. The molecule has 1 aliphatic rings. The second-order valence-electron chi connectivity index (χ2n) is 5.15. The molecular weight excluding hydrogens is 212 g/mol. The van der Waals surface area contributed by atoms with Crippen LogP contribution in [0.15, 0.2) is 6.33 Å². The van der Waals surface area contributed by atoms with Crippen molar-refractivity contribution in [1.29, 1.82) is 0 Å². The number of nitrogens with zero attached hydrogens (tertiary/aromatic N) is 3. The van der Waals surface area contributed by atoms with Crippen LogP contribution in [-0.2, 0) is 13.1 Å². The molecular formula is C13H24N4. The van der Waals surface area contributed by atoms with Crippen molar-refractivity contribution in [3.05, 3.63) is 12.2 Å². The van der Waals surface area contributed by atoms with Crippen LogP contribution in [0.1, 0.15) is 51.8 Å². The summed E-state index contributed by atoms with van der Waals surface area (Å²) in [5, 5.41) is 7.90. The molecule has 4 heteroatoms. The van der Waals surface area contributed by atoms with E-state index in [2.05, 4.69) is 29.2 Å². The molecule has 1 saturated carbocycles. The monoisotopic (exact) mass is 236 g/mol. The average Bonchev–Trinajstić information content (AvgIpc) is 2.76. The van der Waals surface area contributed by atoms with Gasteiger partial charge in [0, 0.05) is 12.6 Å². The normalized spacial score (nSPS) is 25.1. The molecule has 2 rings (SSSR count). The van der Waals surface area contributed by atoms with Gasteiger partial charge in [0.1, 0.15) is 12.2 Å². The highest BCUT2D eigenvalue weighted by molar-refractivity contribution is 4.87. The zero-order chi connectivity index (χ0) is 12.1. The summed E-state index contributed by atoms with van der Waals surface area (Å²) in [6.07, 6.45) is 8.20. The molecule has 1 aliphatic carbocycles. The van der Waals surface area contributed by atoms with Crippen LogP contribution in [0.25, 0.3) is 0 Å². The standard InChI is InChI=1S/C13H24N4/c1-3-8-17-13(15-10-16-17)9-14-12-7-5-4-6-11(12)2/h10-12,14H,3-9H2,1-2H3. The Labute approximate surface area is 104 Å². The second-order valence-corrected chi connectivity index (χ2v) is 5.15. The molecule has 4 nitrogen and oxygen atoms in total. The lowest BCUT2D eigenvalue weighted by Crippen LogP contribution is -2.37. The molecule has 0 aromatic carbocycles. The summed E-state index contributed by atoms with van der Waals surface area (Å²) in [4.78, 5) is 4.33. The fourth-order valence-electron chi connectivity index (χ4n) is 2.67. The van der Waals surface area contributed by atoms with Crippen LogP contribution in [0.4, 0.5) is 0 Å². The van der Waals surface area contributed by atoms with Crippen molar-refractivity contribution in [2.45, 2.75) is 65.1 Å². The van der Waals surface area contributed by atoms with E-state index in [9.17, 15) is 0 Å². The van der Waals surface area contributed by atoms with Crippen LogP contribution >= 0.6 is 0 Å². The lowest BCUT2D eigenvalue weighted by Gasteiger charge is -2.29. The van der Waals surface area contributed by atoms with Gasteiger partial charge in [-0.15, -0.1) is 0 Å². The Balaban J connectivity index is 1.86. The third-order valence-corrected chi connectivity index (χ3v) is 3.76. The fourth-order valence-corrected chi connectivity index (χ4v) is 2.67. The smallest absolute Gasteiger partial charge is 0.140 e. The quantitative estimate of drug-likeness (QED) is 0.853. The third kappa shape index (κ3) is 3.28. The second kappa shape index (κ2) is 6.15. The molecule has 1 N–H and O–H groups in total. The first-order valence-corrected chi connectivity index (χ1v) is 6.91. The molecule has 0 amide bonds. The van der Waals surface area contributed by atoms with Crippen LogP contribution in [0.2, 0.25) is 0 Å². The topological polar surface area (TPSA) is 42.7 Å². The maximum absolute atomic E-state index is 4.33. The van der Waals surface area contributed by atoms with E-state index in [0.717, 1.165) is 31.3 Å². The van der Waals surface area contributed by atoms with Gasteiger partial charge in [0.15, 0.2) is 0 Å². The minimum absolute atomic E-state index is 0.663. The summed E-state index contributed by atoms with van der Waals surface area (Å²) in [5.41, 5.74) is 0. The Bertz CT molecular complexity index is 334. The van der Waals surface area contributed by atoms with E-state index in [4.69, 9.17) is 0 Å². The lowest BCUT2D eigenvalue weighted by molar-refractivity contribution is 0.276. The summed E-state index contributed by atoms with van der Waals surface area (Å²) in [5.74, 6) is 1.87. The SMILES string of the molecule is CCCn1ncnc1CNC1CCCCC1C. The van der Waals surface area contributed by atoms with Crippen molar-refractivity contribution < 1.29 is 0 Å². The molecule has 2 atom stereocenters. The van der Waals surface area contributed by atoms with Crippen molar-refractivity contribution in [3.8, 4) is 0 Å². The van der Waals surface area contributed by atoms with E-state index in [1.807, 2.05) is 4.68 Å². The average molecular weight is 236 g/mol. The summed E-state index contributed by atoms with van der Waals surface area (Å²) >= 11 is 0. The first kappa shape index (κ1) is 12.6. The van der Waals surface area contributed by atoms with Gasteiger partial charge in [-0.2, -0.15) is 5.10 Å². The van der Waals surface area contributed by atoms with Crippen LogP contribution < -0.4 is 5.32 Å². The largest absolute Gasteiger partial charge is 0.307 e. The Morgan fingerprint density at radius 1 is 1.41 bits per heavy atom. The number of hydrogen-bond donors (Lipinski definition) is 1. The zero-order valence-electron chi connectivity index (χ0n) is 11.0. The zero-order valence-corrected chi connectivity index (χ0v) is 11.0. The Kier molecular flexibility index (Phi) is 4.54. The van der Waals surface area contributed by atoms with Gasteiger partial charge in [-0.1, -0.05) is 26.7 Å². The van der Waals surface area contributed by atoms with E-state index in [1.165, 1.54) is 25.7 Å². The first-order valence-electron chi connectivity index (χ1n) is 6.91. The highest BCUT2D eigenvalue weighted by Gasteiger charge is 2.20. The van der Waals surface area contributed by atoms with Crippen LogP contribution in [0.3, 0.4) is 0 Å². The number of rotatable bonds is 5. The molecule has 0 spiro atoms. The van der Waals surface area contributed by atoms with Crippen molar-refractivity contribution in [1.82, 2.24) is 20.1 Å². The van der Waals surface area contributed by atoms with Gasteiger partial charge in [0.2, 0.25) is 0 Å². The van der Waals surface area contributed by atoms with E-state index in [-0.39, 0.29) is 0 Å². The molecule has 2 unspecified atom stereocenters. The summed E-state index contributed by atoms with van der Waals surface area (Å²) < 4.78 is 2.01. The fraction of sp³-hybridized carbons (Fsp3) is 0.846. The molecule has 1 aromatic rings. The molecule has 0 aliphatic heterocycles. The Morgan fingerprint density at radius 2 is 2.24 bits per heavy atom. The van der Waals surface area contributed by atoms with Crippen molar-refractivity contribution in [2.75, 3.05) is 0 Å². The predicted molar refractivity (Wildman–Crippen MR) is 68.6 cm³/mol. The van der Waals surface area contributed by atoms with Gasteiger partial charge in [-0.3, -0.25) is 0 Å². The van der Waals surface area contributed by atoms with Gasteiger partial charge >= 0.3 is 0 Å². The number of aromatic nitrogens is 3. The first-order chi connectivity index (χ1) is 8.31. The summed E-state index contributed by atoms with van der Waals surface area (Å²) in [6, 6.07) is 0.663. The molecule has 0 radical (unpaired) electrons. The maximum atomic E-state index is 4.33. The number of aryl methyl sites for hydroxylation is 1. The third-order valence-electron chi connectivity index (χ3n) is 3.76. The maximum Gasteiger partial charge on any atom is 0.140 e. The molecule has 1 fully saturated rings. The van der Waals surface area contributed by atoms with Gasteiger partial charge in [0.05, 0.1) is 6.54 Å². The minimum Gasteiger partial charge on any atom is -0.307 e. The number of nitrogens with one attached hydrogen (secondary N) is 1. The molecule has 1 heterocycles. The van der Waals surface area contributed by atoms with Crippen LogP contribution in [0.5, 0.6) is 0 Å².